The number of nitrogens with one attached hydrogen (secondary N) is 1. The van der Waals surface area contributed by atoms with Crippen molar-refractivity contribution in [3.05, 3.63) is 108 Å². The van der Waals surface area contributed by atoms with E-state index in [1.54, 1.807) is 30.6 Å². The van der Waals surface area contributed by atoms with E-state index in [0.717, 1.165) is 5.56 Å². The van der Waals surface area contributed by atoms with E-state index < -0.39 is 5.97 Å². The van der Waals surface area contributed by atoms with Gasteiger partial charge in [0.1, 0.15) is 17.3 Å². The zero-order valence-corrected chi connectivity index (χ0v) is 17.3. The van der Waals surface area contributed by atoms with Gasteiger partial charge in [0, 0.05) is 11.1 Å². The Balaban J connectivity index is 1.67. The SMILES string of the molecule is COC(=O)c1ccc(C(=O)Nc2c(-c3ccc(F)cc3)ncn2Cc2ccccc2)cc1. The van der Waals surface area contributed by atoms with Gasteiger partial charge in [-0.2, -0.15) is 0 Å². The summed E-state index contributed by atoms with van der Waals surface area (Å²) in [5.74, 6) is -0.702. The number of hydrogen-bond acceptors (Lipinski definition) is 4. The summed E-state index contributed by atoms with van der Waals surface area (Å²) in [6.07, 6.45) is 1.64. The molecule has 0 aliphatic carbocycles. The predicted molar refractivity (Wildman–Crippen MR) is 119 cm³/mol. The van der Waals surface area contributed by atoms with Crippen LogP contribution in [0.25, 0.3) is 11.3 Å². The van der Waals surface area contributed by atoms with Crippen molar-refractivity contribution in [3.8, 4) is 11.3 Å². The summed E-state index contributed by atoms with van der Waals surface area (Å²) in [7, 11) is 1.30. The first-order chi connectivity index (χ1) is 15.5. The van der Waals surface area contributed by atoms with E-state index in [1.807, 2.05) is 34.9 Å². The van der Waals surface area contributed by atoms with Crippen molar-refractivity contribution in [3.63, 3.8) is 0 Å². The molecule has 4 rings (SSSR count). The van der Waals surface area contributed by atoms with Crippen molar-refractivity contribution in [2.45, 2.75) is 6.54 Å². The summed E-state index contributed by atoms with van der Waals surface area (Å²) in [6.45, 7) is 0.492. The second kappa shape index (κ2) is 9.26. The third-order valence-electron chi connectivity index (χ3n) is 4.95. The van der Waals surface area contributed by atoms with Crippen molar-refractivity contribution in [2.75, 3.05) is 12.4 Å². The number of rotatable bonds is 6. The largest absolute Gasteiger partial charge is 0.465 e. The number of imidazole rings is 1. The molecule has 0 spiro atoms. The second-order valence-electron chi connectivity index (χ2n) is 7.09. The average Bonchev–Trinajstić information content (AvgIpc) is 3.21. The van der Waals surface area contributed by atoms with Gasteiger partial charge in [0.05, 0.1) is 25.5 Å². The van der Waals surface area contributed by atoms with Crippen molar-refractivity contribution < 1.29 is 18.7 Å². The summed E-state index contributed by atoms with van der Waals surface area (Å²) < 4.78 is 19.9. The molecule has 1 aromatic heterocycles. The molecule has 3 aromatic carbocycles. The first-order valence-electron chi connectivity index (χ1n) is 9.90. The molecule has 4 aromatic rings. The van der Waals surface area contributed by atoms with Gasteiger partial charge in [0.25, 0.3) is 5.91 Å². The first kappa shape index (κ1) is 21.0. The minimum Gasteiger partial charge on any atom is -0.465 e. The summed E-state index contributed by atoms with van der Waals surface area (Å²) in [5, 5.41) is 2.92. The molecule has 32 heavy (non-hydrogen) atoms. The minimum absolute atomic E-state index is 0.352. The Labute approximate surface area is 184 Å². The maximum Gasteiger partial charge on any atom is 0.337 e. The Morgan fingerprint density at radius 3 is 2.25 bits per heavy atom. The van der Waals surface area contributed by atoms with Crippen LogP contribution in [0.1, 0.15) is 26.3 Å². The number of aromatic nitrogens is 2. The maximum atomic E-state index is 13.4. The van der Waals surface area contributed by atoms with Gasteiger partial charge in [-0.15, -0.1) is 0 Å². The molecule has 0 aliphatic rings. The van der Waals surface area contributed by atoms with Crippen molar-refractivity contribution in [1.82, 2.24) is 9.55 Å². The molecular weight excluding hydrogens is 409 g/mol. The Hall–Kier alpha value is -4.26. The smallest absolute Gasteiger partial charge is 0.337 e. The molecule has 0 radical (unpaired) electrons. The molecular formula is C25H20FN3O3. The van der Waals surface area contributed by atoms with Crippen LogP contribution in [0.5, 0.6) is 0 Å². The highest BCUT2D eigenvalue weighted by atomic mass is 19.1. The zero-order valence-electron chi connectivity index (χ0n) is 17.3. The van der Waals surface area contributed by atoms with Gasteiger partial charge in [0.15, 0.2) is 0 Å². The molecule has 160 valence electrons. The summed E-state index contributed by atoms with van der Waals surface area (Å²) in [5.41, 5.74) is 2.96. The van der Waals surface area contributed by atoms with Crippen LogP contribution in [0, 0.1) is 5.82 Å². The molecule has 0 bridgehead atoms. The van der Waals surface area contributed by atoms with Gasteiger partial charge in [-0.1, -0.05) is 30.3 Å². The lowest BCUT2D eigenvalue weighted by Crippen LogP contribution is -2.16. The molecule has 0 fully saturated rings. The number of amides is 1. The molecule has 7 heteroatoms. The molecule has 1 amide bonds. The van der Waals surface area contributed by atoms with Crippen LogP contribution in [0.3, 0.4) is 0 Å². The lowest BCUT2D eigenvalue weighted by molar-refractivity contribution is 0.0600. The molecule has 1 heterocycles. The van der Waals surface area contributed by atoms with Crippen LogP contribution >= 0.6 is 0 Å². The number of ether oxygens (including phenoxy) is 1. The Kier molecular flexibility index (Phi) is 6.07. The number of benzene rings is 3. The van der Waals surface area contributed by atoms with Crippen molar-refractivity contribution in [2.24, 2.45) is 0 Å². The van der Waals surface area contributed by atoms with Gasteiger partial charge < -0.3 is 14.6 Å². The third kappa shape index (κ3) is 4.57. The second-order valence-corrected chi connectivity index (χ2v) is 7.09. The van der Waals surface area contributed by atoms with Crippen LogP contribution in [0.2, 0.25) is 0 Å². The highest BCUT2D eigenvalue weighted by Crippen LogP contribution is 2.28. The molecule has 6 nitrogen and oxygen atoms in total. The fourth-order valence-electron chi connectivity index (χ4n) is 3.29. The Bertz CT molecular complexity index is 1230. The molecule has 0 saturated carbocycles. The van der Waals surface area contributed by atoms with Gasteiger partial charge in [-0.3, -0.25) is 4.79 Å². The highest BCUT2D eigenvalue weighted by molar-refractivity contribution is 6.06. The molecule has 1 N–H and O–H groups in total. The topological polar surface area (TPSA) is 73.2 Å². The van der Waals surface area contributed by atoms with Crippen molar-refractivity contribution >= 4 is 17.7 Å². The quantitative estimate of drug-likeness (QED) is 0.448. The standard InChI is InChI=1S/C25H20FN3O3/c1-32-25(31)20-9-7-19(8-10-20)24(30)28-23-22(18-11-13-21(26)14-12-18)27-16-29(23)15-17-5-3-2-4-6-17/h2-14,16H,15H2,1H3,(H,28,30). The number of hydrogen-bond donors (Lipinski definition) is 1. The van der Waals surface area contributed by atoms with Gasteiger partial charge in [0.2, 0.25) is 0 Å². The summed E-state index contributed by atoms with van der Waals surface area (Å²) in [4.78, 5) is 29.1. The number of esters is 1. The van der Waals surface area contributed by atoms with E-state index in [9.17, 15) is 14.0 Å². The lowest BCUT2D eigenvalue weighted by atomic mass is 10.1. The number of carbonyl (C=O) groups excluding carboxylic acids is 2. The van der Waals surface area contributed by atoms with Gasteiger partial charge in [-0.05, 0) is 54.1 Å². The number of carbonyl (C=O) groups is 2. The molecule has 0 unspecified atom stereocenters. The van der Waals surface area contributed by atoms with Gasteiger partial charge >= 0.3 is 5.97 Å². The predicted octanol–water partition coefficient (Wildman–Crippen LogP) is 4.78. The third-order valence-corrected chi connectivity index (χ3v) is 4.95. The van der Waals surface area contributed by atoms with Crippen LogP contribution in [0.4, 0.5) is 10.2 Å². The Morgan fingerprint density at radius 1 is 0.938 bits per heavy atom. The zero-order chi connectivity index (χ0) is 22.5. The van der Waals surface area contributed by atoms with E-state index in [1.165, 1.54) is 31.4 Å². The van der Waals surface area contributed by atoms with E-state index >= 15 is 0 Å². The number of nitrogens with zero attached hydrogens (tertiary/aromatic N) is 2. The molecule has 0 aliphatic heterocycles. The van der Waals surface area contributed by atoms with Crippen LogP contribution in [-0.2, 0) is 11.3 Å². The maximum absolute atomic E-state index is 13.4. The summed E-state index contributed by atoms with van der Waals surface area (Å²) in [6, 6.07) is 21.9. The highest BCUT2D eigenvalue weighted by Gasteiger charge is 2.17. The lowest BCUT2D eigenvalue weighted by Gasteiger charge is -2.12. The Morgan fingerprint density at radius 2 is 1.59 bits per heavy atom. The number of halogens is 1. The molecule has 0 atom stereocenters. The average molecular weight is 429 g/mol. The van der Waals surface area contributed by atoms with Crippen LogP contribution < -0.4 is 5.32 Å². The fraction of sp³-hybridized carbons (Fsp3) is 0.0800. The normalized spacial score (nSPS) is 10.6. The van der Waals surface area contributed by atoms with Crippen LogP contribution in [-0.4, -0.2) is 28.5 Å². The van der Waals surface area contributed by atoms with Gasteiger partial charge in [-0.25, -0.2) is 14.2 Å². The van der Waals surface area contributed by atoms with E-state index in [-0.39, 0.29) is 11.7 Å². The monoisotopic (exact) mass is 429 g/mol. The van der Waals surface area contributed by atoms with Crippen molar-refractivity contribution in [1.29, 1.82) is 0 Å². The first-order valence-corrected chi connectivity index (χ1v) is 9.90. The number of methoxy groups -OCH3 is 1. The van der Waals surface area contributed by atoms with Crippen LogP contribution in [0.15, 0.2) is 85.2 Å². The van der Waals surface area contributed by atoms with E-state index in [4.69, 9.17) is 0 Å². The van der Waals surface area contributed by atoms with E-state index in [0.29, 0.717) is 34.7 Å². The number of anilines is 1. The summed E-state index contributed by atoms with van der Waals surface area (Å²) >= 11 is 0. The fourth-order valence-corrected chi connectivity index (χ4v) is 3.29. The van der Waals surface area contributed by atoms with E-state index in [2.05, 4.69) is 15.0 Å². The molecule has 0 saturated heterocycles. The minimum atomic E-state index is -0.475.